The molecule has 3 heteroatoms. The lowest BCUT2D eigenvalue weighted by Crippen LogP contribution is -2.41. The van der Waals surface area contributed by atoms with Crippen LogP contribution in [0.15, 0.2) is 103 Å². The Labute approximate surface area is 197 Å². The average molecular weight is 437 g/mol. The maximum atomic E-state index is 13.7. The van der Waals surface area contributed by atoms with E-state index in [0.29, 0.717) is 12.5 Å². The number of carbonyl (C=O) groups excluding carboxylic acids is 1. The highest BCUT2D eigenvalue weighted by molar-refractivity contribution is 5.95. The average Bonchev–Trinajstić information content (AvgIpc) is 3.29. The molecule has 1 aromatic heterocycles. The predicted octanol–water partition coefficient (Wildman–Crippen LogP) is 6.89. The summed E-state index contributed by atoms with van der Waals surface area (Å²) in [7, 11) is 0. The zero-order valence-electron chi connectivity index (χ0n) is 19.7. The largest absolute Gasteiger partial charge is 0.345 e. The molecule has 0 bridgehead atoms. The van der Waals surface area contributed by atoms with Crippen molar-refractivity contribution in [2.75, 3.05) is 0 Å². The maximum absolute atomic E-state index is 13.7. The van der Waals surface area contributed by atoms with E-state index in [4.69, 9.17) is 0 Å². The van der Waals surface area contributed by atoms with E-state index in [9.17, 15) is 4.79 Å². The van der Waals surface area contributed by atoms with E-state index < -0.39 is 0 Å². The SMILES string of the molecule is CC(C)C(C)N(Cc1cccn1Cc1ccccc1)C(=O)c1ccc(-c2ccccc2)cc1. The van der Waals surface area contributed by atoms with E-state index in [-0.39, 0.29) is 11.9 Å². The molecule has 33 heavy (non-hydrogen) atoms. The number of amides is 1. The summed E-state index contributed by atoms with van der Waals surface area (Å²) >= 11 is 0. The molecule has 0 aliphatic heterocycles. The smallest absolute Gasteiger partial charge is 0.254 e. The Balaban J connectivity index is 1.57. The maximum Gasteiger partial charge on any atom is 0.254 e. The molecular weight excluding hydrogens is 404 g/mol. The van der Waals surface area contributed by atoms with E-state index in [1.165, 1.54) is 5.56 Å². The number of benzene rings is 3. The third kappa shape index (κ3) is 5.43. The molecule has 0 N–H and O–H groups in total. The van der Waals surface area contributed by atoms with Crippen molar-refractivity contribution in [2.45, 2.75) is 39.9 Å². The van der Waals surface area contributed by atoms with Crippen molar-refractivity contribution in [3.8, 4) is 11.1 Å². The van der Waals surface area contributed by atoms with Crippen LogP contribution in [0, 0.1) is 5.92 Å². The monoisotopic (exact) mass is 436 g/mol. The van der Waals surface area contributed by atoms with Crippen molar-refractivity contribution in [1.82, 2.24) is 9.47 Å². The van der Waals surface area contributed by atoms with Gasteiger partial charge in [-0.3, -0.25) is 4.79 Å². The Morgan fingerprint density at radius 1 is 0.758 bits per heavy atom. The summed E-state index contributed by atoms with van der Waals surface area (Å²) in [5, 5.41) is 0. The Hall–Kier alpha value is -3.59. The van der Waals surface area contributed by atoms with Crippen LogP contribution in [0.2, 0.25) is 0 Å². The fourth-order valence-corrected chi connectivity index (χ4v) is 4.06. The van der Waals surface area contributed by atoms with Crippen LogP contribution >= 0.6 is 0 Å². The summed E-state index contributed by atoms with van der Waals surface area (Å²) in [5.41, 5.74) is 5.39. The van der Waals surface area contributed by atoms with Crippen molar-refractivity contribution in [1.29, 1.82) is 0 Å². The van der Waals surface area contributed by atoms with Gasteiger partial charge in [0.2, 0.25) is 0 Å². The van der Waals surface area contributed by atoms with E-state index in [1.807, 2.05) is 53.4 Å². The molecule has 4 aromatic rings. The van der Waals surface area contributed by atoms with Gasteiger partial charge in [0.25, 0.3) is 5.91 Å². The highest BCUT2D eigenvalue weighted by Crippen LogP contribution is 2.23. The van der Waals surface area contributed by atoms with Gasteiger partial charge in [-0.05, 0) is 53.8 Å². The van der Waals surface area contributed by atoms with Gasteiger partial charge in [0.1, 0.15) is 0 Å². The molecule has 0 aliphatic carbocycles. The summed E-state index contributed by atoms with van der Waals surface area (Å²) < 4.78 is 2.24. The molecule has 3 nitrogen and oxygen atoms in total. The summed E-state index contributed by atoms with van der Waals surface area (Å²) in [6.07, 6.45) is 2.10. The number of hydrogen-bond acceptors (Lipinski definition) is 1. The van der Waals surface area contributed by atoms with Gasteiger partial charge in [-0.1, -0.05) is 86.6 Å². The van der Waals surface area contributed by atoms with Gasteiger partial charge in [0.05, 0.1) is 6.54 Å². The fraction of sp³-hybridized carbons (Fsp3) is 0.233. The molecule has 0 fully saturated rings. The van der Waals surface area contributed by atoms with Crippen LogP contribution < -0.4 is 0 Å². The Kier molecular flexibility index (Phi) is 7.09. The van der Waals surface area contributed by atoms with Gasteiger partial charge in [-0.2, -0.15) is 0 Å². The molecule has 4 rings (SSSR count). The molecule has 0 spiro atoms. The van der Waals surface area contributed by atoms with Gasteiger partial charge in [0, 0.05) is 30.0 Å². The van der Waals surface area contributed by atoms with Crippen molar-refractivity contribution >= 4 is 5.91 Å². The van der Waals surface area contributed by atoms with Crippen LogP contribution in [0.25, 0.3) is 11.1 Å². The lowest BCUT2D eigenvalue weighted by molar-refractivity contribution is 0.0623. The van der Waals surface area contributed by atoms with Crippen molar-refractivity contribution in [2.24, 2.45) is 5.92 Å². The van der Waals surface area contributed by atoms with Crippen LogP contribution in [0.5, 0.6) is 0 Å². The summed E-state index contributed by atoms with van der Waals surface area (Å²) in [6, 6.07) is 33.0. The Morgan fingerprint density at radius 2 is 1.36 bits per heavy atom. The Morgan fingerprint density at radius 3 is 2.00 bits per heavy atom. The fourth-order valence-electron chi connectivity index (χ4n) is 4.06. The third-order valence-electron chi connectivity index (χ3n) is 6.41. The van der Waals surface area contributed by atoms with Crippen LogP contribution in [0.3, 0.4) is 0 Å². The molecule has 0 radical (unpaired) electrons. The molecule has 0 aliphatic rings. The summed E-state index contributed by atoms with van der Waals surface area (Å²) in [5.74, 6) is 0.429. The second-order valence-electron chi connectivity index (χ2n) is 8.97. The summed E-state index contributed by atoms with van der Waals surface area (Å²) in [6.45, 7) is 7.87. The lowest BCUT2D eigenvalue weighted by atomic mass is 10.0. The predicted molar refractivity (Wildman–Crippen MR) is 136 cm³/mol. The topological polar surface area (TPSA) is 25.2 Å². The molecule has 168 valence electrons. The number of rotatable bonds is 8. The molecule has 3 aromatic carbocycles. The second kappa shape index (κ2) is 10.4. The minimum Gasteiger partial charge on any atom is -0.345 e. The van der Waals surface area contributed by atoms with Crippen molar-refractivity contribution in [3.63, 3.8) is 0 Å². The minimum atomic E-state index is 0.0725. The molecular formula is C30H32N2O. The molecule has 1 amide bonds. The molecule has 1 unspecified atom stereocenters. The third-order valence-corrected chi connectivity index (χ3v) is 6.41. The first-order valence-electron chi connectivity index (χ1n) is 11.7. The van der Waals surface area contributed by atoms with Crippen LogP contribution in [-0.2, 0) is 13.1 Å². The first-order valence-corrected chi connectivity index (χ1v) is 11.7. The number of hydrogen-bond donors (Lipinski definition) is 0. The summed E-state index contributed by atoms with van der Waals surface area (Å²) in [4.78, 5) is 15.7. The number of aromatic nitrogens is 1. The van der Waals surface area contributed by atoms with Crippen molar-refractivity contribution in [3.05, 3.63) is 120 Å². The zero-order chi connectivity index (χ0) is 23.2. The first kappa shape index (κ1) is 22.6. The quantitative estimate of drug-likeness (QED) is 0.295. The van der Waals surface area contributed by atoms with E-state index in [0.717, 1.165) is 28.9 Å². The number of carbonyl (C=O) groups is 1. The van der Waals surface area contributed by atoms with Crippen LogP contribution in [0.4, 0.5) is 0 Å². The van der Waals surface area contributed by atoms with Gasteiger partial charge < -0.3 is 9.47 Å². The normalized spacial score (nSPS) is 12.0. The van der Waals surface area contributed by atoms with Crippen LogP contribution in [0.1, 0.15) is 42.4 Å². The van der Waals surface area contributed by atoms with Gasteiger partial charge >= 0.3 is 0 Å². The zero-order valence-corrected chi connectivity index (χ0v) is 19.7. The highest BCUT2D eigenvalue weighted by atomic mass is 16.2. The Bertz CT molecular complexity index is 1160. The minimum absolute atomic E-state index is 0.0725. The molecule has 1 atom stereocenters. The van der Waals surface area contributed by atoms with E-state index in [2.05, 4.69) is 80.1 Å². The van der Waals surface area contributed by atoms with Crippen LogP contribution in [-0.4, -0.2) is 21.4 Å². The first-order chi connectivity index (χ1) is 16.0. The second-order valence-corrected chi connectivity index (χ2v) is 8.97. The molecule has 0 saturated heterocycles. The lowest BCUT2D eigenvalue weighted by Gasteiger charge is -2.32. The van der Waals surface area contributed by atoms with Gasteiger partial charge in [0.15, 0.2) is 0 Å². The standard InChI is InChI=1S/C30H32N2O/c1-23(2)24(3)32(22-29-15-10-20-31(29)21-25-11-6-4-7-12-25)30(33)28-18-16-27(17-19-28)26-13-8-5-9-14-26/h4-20,23-24H,21-22H2,1-3H3. The van der Waals surface area contributed by atoms with E-state index >= 15 is 0 Å². The molecule has 1 heterocycles. The van der Waals surface area contributed by atoms with Gasteiger partial charge in [-0.25, -0.2) is 0 Å². The van der Waals surface area contributed by atoms with Crippen molar-refractivity contribution < 1.29 is 4.79 Å². The molecule has 0 saturated carbocycles. The highest BCUT2D eigenvalue weighted by Gasteiger charge is 2.25. The van der Waals surface area contributed by atoms with Gasteiger partial charge in [-0.15, -0.1) is 0 Å². The number of nitrogens with zero attached hydrogens (tertiary/aromatic N) is 2. The van der Waals surface area contributed by atoms with E-state index in [1.54, 1.807) is 0 Å².